The Balaban J connectivity index is 6.87. The van der Waals surface area contributed by atoms with E-state index in [1.807, 2.05) is 0 Å². The first-order valence-electron chi connectivity index (χ1n) is 9.42. The third-order valence-electron chi connectivity index (χ3n) is 4.13. The van der Waals surface area contributed by atoms with E-state index in [0.29, 0.717) is 18.2 Å². The molecule has 0 saturated carbocycles. The summed E-state index contributed by atoms with van der Waals surface area (Å²) in [5.74, 6) is -12.2. The first kappa shape index (κ1) is 34.4. The zero-order chi connectivity index (χ0) is 30.2. The molecule has 0 atom stereocenters. The van der Waals surface area contributed by atoms with Gasteiger partial charge in [-0.15, -0.1) is 0 Å². The summed E-state index contributed by atoms with van der Waals surface area (Å²) in [6.07, 6.45) is -19.6. The van der Waals surface area contributed by atoms with E-state index >= 15 is 0 Å². The monoisotopic (exact) mass is 578 g/mol. The lowest BCUT2D eigenvalue weighted by Gasteiger charge is -2.33. The van der Waals surface area contributed by atoms with Gasteiger partial charge in [0, 0.05) is 18.2 Å². The zero-order valence-electron chi connectivity index (χ0n) is 18.7. The first-order chi connectivity index (χ1) is 17.1. The molecule has 0 aromatic carbocycles. The quantitative estimate of drug-likeness (QED) is 0.103. The number of hydrogen-bond donors (Lipinski definition) is 0. The van der Waals surface area contributed by atoms with Gasteiger partial charge in [0.15, 0.2) is 0 Å². The highest BCUT2D eigenvalue weighted by Gasteiger charge is 2.77. The lowest BCUT2D eigenvalue weighted by molar-refractivity contribution is -0.333. The third-order valence-corrected chi connectivity index (χ3v) is 4.13. The standard InChI is InChI=1S/C20H17F11O7/c1-4-11(32)35-7-16(8-36-12(33)5-2,9-37-13(34)6-3)10-38-15(18(23,24)25)14(21)17(22,19(26,27)28)20(29,30)31/h4-6H,1-3,7-10H2/b15-14+. The number of halogens is 11. The Bertz CT molecular complexity index is 873. The summed E-state index contributed by atoms with van der Waals surface area (Å²) in [6.45, 7) is 3.16. The van der Waals surface area contributed by atoms with Gasteiger partial charge in [0.05, 0.1) is 0 Å². The summed E-state index contributed by atoms with van der Waals surface area (Å²) in [6, 6.07) is 0. The van der Waals surface area contributed by atoms with E-state index in [-0.39, 0.29) is 0 Å². The molecule has 0 aromatic heterocycles. The van der Waals surface area contributed by atoms with Gasteiger partial charge in [0.1, 0.15) is 31.8 Å². The van der Waals surface area contributed by atoms with Gasteiger partial charge in [-0.05, 0) is 0 Å². The Morgan fingerprint density at radius 3 is 1.11 bits per heavy atom. The largest absolute Gasteiger partial charge is 0.486 e. The van der Waals surface area contributed by atoms with E-state index in [9.17, 15) is 62.7 Å². The Hall–Kier alpha value is -3.60. The number of rotatable bonds is 13. The van der Waals surface area contributed by atoms with Crippen LogP contribution >= 0.6 is 0 Å². The van der Waals surface area contributed by atoms with Crippen molar-refractivity contribution < 1.29 is 81.6 Å². The Kier molecular flexibility index (Phi) is 11.6. The summed E-state index contributed by atoms with van der Waals surface area (Å²) in [5, 5.41) is 0. The molecule has 0 rings (SSSR count). The molecule has 0 fully saturated rings. The Morgan fingerprint density at radius 1 is 0.579 bits per heavy atom. The summed E-state index contributed by atoms with van der Waals surface area (Å²) >= 11 is 0. The van der Waals surface area contributed by atoms with Crippen molar-refractivity contribution in [3.63, 3.8) is 0 Å². The second-order valence-corrected chi connectivity index (χ2v) is 7.02. The van der Waals surface area contributed by atoms with Crippen LogP contribution < -0.4 is 0 Å². The van der Waals surface area contributed by atoms with Crippen molar-refractivity contribution >= 4 is 17.9 Å². The fourth-order valence-corrected chi connectivity index (χ4v) is 2.16. The van der Waals surface area contributed by atoms with Crippen LogP contribution in [-0.4, -0.2) is 68.5 Å². The maximum absolute atomic E-state index is 14.2. The van der Waals surface area contributed by atoms with Gasteiger partial charge in [-0.25, -0.2) is 23.2 Å². The van der Waals surface area contributed by atoms with E-state index in [1.165, 1.54) is 0 Å². The smallest absolute Gasteiger partial charge is 0.451 e. The molecule has 0 unspecified atom stereocenters. The molecule has 216 valence electrons. The summed E-state index contributed by atoms with van der Waals surface area (Å²) in [4.78, 5) is 34.3. The highest BCUT2D eigenvalue weighted by atomic mass is 19.4. The molecule has 0 heterocycles. The molecule has 0 aliphatic carbocycles. The van der Waals surface area contributed by atoms with Crippen LogP contribution in [0.25, 0.3) is 0 Å². The molecule has 0 amide bonds. The van der Waals surface area contributed by atoms with E-state index in [1.54, 1.807) is 0 Å². The normalized spacial score (nSPS) is 13.6. The van der Waals surface area contributed by atoms with E-state index in [0.717, 1.165) is 0 Å². The summed E-state index contributed by atoms with van der Waals surface area (Å²) < 4.78 is 163. The predicted molar refractivity (Wildman–Crippen MR) is 102 cm³/mol. The van der Waals surface area contributed by atoms with Crippen molar-refractivity contribution in [2.75, 3.05) is 26.4 Å². The second-order valence-electron chi connectivity index (χ2n) is 7.02. The van der Waals surface area contributed by atoms with Crippen LogP contribution in [0.5, 0.6) is 0 Å². The molecule has 0 spiro atoms. The van der Waals surface area contributed by atoms with E-state index in [2.05, 4.69) is 38.7 Å². The molecular formula is C20H17F11O7. The summed E-state index contributed by atoms with van der Waals surface area (Å²) in [7, 11) is 0. The predicted octanol–water partition coefficient (Wildman–Crippen LogP) is 4.75. The van der Waals surface area contributed by atoms with Gasteiger partial charge in [0.25, 0.3) is 0 Å². The number of carbonyl (C=O) groups excluding carboxylic acids is 3. The number of carbonyl (C=O) groups is 3. The van der Waals surface area contributed by atoms with Crippen LogP contribution in [0.1, 0.15) is 0 Å². The SMILES string of the molecule is C=CC(=O)OCC(COC(=O)C=C)(COC(=O)C=C)CO/C(=C(/F)C(F)(C(F)(F)F)C(F)(F)F)C(F)(F)F. The van der Waals surface area contributed by atoms with Crippen LogP contribution in [0.15, 0.2) is 49.6 Å². The van der Waals surface area contributed by atoms with Gasteiger partial charge >= 0.3 is 42.1 Å². The molecule has 0 aromatic rings. The molecule has 0 saturated heterocycles. The van der Waals surface area contributed by atoms with Crippen molar-refractivity contribution in [3.8, 4) is 0 Å². The van der Waals surface area contributed by atoms with Crippen LogP contribution in [0.2, 0.25) is 0 Å². The highest BCUT2D eigenvalue weighted by molar-refractivity contribution is 5.82. The number of allylic oxidation sites excluding steroid dienone is 2. The Labute approximate surface area is 206 Å². The number of alkyl halides is 10. The first-order valence-corrected chi connectivity index (χ1v) is 9.42. The average Bonchev–Trinajstić information content (AvgIpc) is 2.80. The Morgan fingerprint density at radius 2 is 0.868 bits per heavy atom. The molecular weight excluding hydrogens is 561 g/mol. The topological polar surface area (TPSA) is 88.1 Å². The maximum atomic E-state index is 14.2. The van der Waals surface area contributed by atoms with Gasteiger partial charge in [-0.3, -0.25) is 0 Å². The minimum atomic E-state index is -7.29. The third kappa shape index (κ3) is 8.76. The van der Waals surface area contributed by atoms with Crippen molar-refractivity contribution in [1.82, 2.24) is 0 Å². The summed E-state index contributed by atoms with van der Waals surface area (Å²) in [5.41, 5.74) is -9.74. The second kappa shape index (κ2) is 12.8. The molecule has 7 nitrogen and oxygen atoms in total. The van der Waals surface area contributed by atoms with Crippen molar-refractivity contribution in [2.24, 2.45) is 5.41 Å². The fraction of sp³-hybridized carbons (Fsp3) is 0.450. The van der Waals surface area contributed by atoms with E-state index in [4.69, 9.17) is 0 Å². The minimum absolute atomic E-state index is 0.488. The van der Waals surface area contributed by atoms with Crippen LogP contribution in [-0.2, 0) is 33.3 Å². The van der Waals surface area contributed by atoms with Crippen molar-refractivity contribution in [1.29, 1.82) is 0 Å². The molecule has 0 N–H and O–H groups in total. The lowest BCUT2D eigenvalue weighted by Crippen LogP contribution is -2.55. The fourth-order valence-electron chi connectivity index (χ4n) is 2.16. The molecule has 0 radical (unpaired) electrons. The van der Waals surface area contributed by atoms with Crippen LogP contribution in [0, 0.1) is 5.41 Å². The molecule has 0 bridgehead atoms. The van der Waals surface area contributed by atoms with Crippen molar-refractivity contribution in [3.05, 3.63) is 49.6 Å². The molecule has 0 aliphatic rings. The van der Waals surface area contributed by atoms with Gasteiger partial charge < -0.3 is 18.9 Å². The minimum Gasteiger partial charge on any atom is -0.486 e. The van der Waals surface area contributed by atoms with Gasteiger partial charge in [-0.2, -0.15) is 39.5 Å². The van der Waals surface area contributed by atoms with Crippen LogP contribution in [0.3, 0.4) is 0 Å². The zero-order valence-corrected chi connectivity index (χ0v) is 18.7. The highest BCUT2D eigenvalue weighted by Crippen LogP contribution is 2.53. The molecule has 18 heteroatoms. The van der Waals surface area contributed by atoms with Gasteiger partial charge in [-0.1, -0.05) is 19.7 Å². The average molecular weight is 578 g/mol. The van der Waals surface area contributed by atoms with Crippen molar-refractivity contribution in [2.45, 2.75) is 24.2 Å². The molecule has 0 aliphatic heterocycles. The number of hydrogen-bond acceptors (Lipinski definition) is 7. The number of esters is 3. The number of ether oxygens (including phenoxy) is 4. The maximum Gasteiger partial charge on any atom is 0.451 e. The van der Waals surface area contributed by atoms with E-state index < -0.39 is 85.5 Å². The van der Waals surface area contributed by atoms with Crippen LogP contribution in [0.4, 0.5) is 48.3 Å². The lowest BCUT2D eigenvalue weighted by atomic mass is 9.92. The molecule has 38 heavy (non-hydrogen) atoms. The van der Waals surface area contributed by atoms with Gasteiger partial charge in [0.2, 0.25) is 11.6 Å².